The van der Waals surface area contributed by atoms with Crippen molar-refractivity contribution >= 4 is 11.0 Å². The highest BCUT2D eigenvalue weighted by molar-refractivity contribution is 5.85. The zero-order valence-electron chi connectivity index (χ0n) is 20.3. The summed E-state index contributed by atoms with van der Waals surface area (Å²) >= 11 is 0. The van der Waals surface area contributed by atoms with E-state index in [1.807, 2.05) is 55.5 Å². The van der Waals surface area contributed by atoms with Crippen molar-refractivity contribution in [1.29, 1.82) is 0 Å². The van der Waals surface area contributed by atoms with E-state index in [4.69, 9.17) is 13.9 Å². The number of phenols is 1. The van der Waals surface area contributed by atoms with Crippen molar-refractivity contribution in [2.24, 2.45) is 0 Å². The molecule has 2 heterocycles. The second-order valence-corrected chi connectivity index (χ2v) is 9.03. The number of phenolic OH excluding ortho intramolecular Hbond substituents is 1. The Labute approximate surface area is 204 Å². The van der Waals surface area contributed by atoms with Crippen LogP contribution in [0.4, 0.5) is 0 Å². The maximum absolute atomic E-state index is 13.0. The molecule has 1 aromatic heterocycles. The summed E-state index contributed by atoms with van der Waals surface area (Å²) < 4.78 is 16.8. The Hall–Kier alpha value is -3.77. The van der Waals surface area contributed by atoms with Gasteiger partial charge in [0, 0.05) is 37.0 Å². The summed E-state index contributed by atoms with van der Waals surface area (Å²) in [5, 5.41) is 11.6. The van der Waals surface area contributed by atoms with Gasteiger partial charge < -0.3 is 19.0 Å². The maximum atomic E-state index is 13.0. The van der Waals surface area contributed by atoms with Crippen LogP contribution >= 0.6 is 0 Å². The summed E-state index contributed by atoms with van der Waals surface area (Å²) in [7, 11) is 3.28. The summed E-state index contributed by atoms with van der Waals surface area (Å²) in [5.74, 6) is 1.57. The Morgan fingerprint density at radius 1 is 0.971 bits per heavy atom. The molecule has 4 aromatic rings. The first-order chi connectivity index (χ1) is 17.0. The van der Waals surface area contributed by atoms with Crippen molar-refractivity contribution in [2.75, 3.05) is 20.8 Å². The Balaban J connectivity index is 1.48. The lowest BCUT2D eigenvalue weighted by atomic mass is 9.96. The minimum atomic E-state index is -0.355. The van der Waals surface area contributed by atoms with E-state index in [2.05, 4.69) is 4.90 Å². The molecule has 1 aliphatic heterocycles. The number of benzene rings is 3. The quantitative estimate of drug-likeness (QED) is 0.400. The van der Waals surface area contributed by atoms with Gasteiger partial charge >= 0.3 is 5.63 Å². The van der Waals surface area contributed by atoms with Crippen LogP contribution in [0.15, 0.2) is 63.8 Å². The van der Waals surface area contributed by atoms with Crippen LogP contribution in [0, 0.1) is 6.92 Å². The van der Waals surface area contributed by atoms with Gasteiger partial charge in [-0.15, -0.1) is 0 Å². The fraction of sp³-hybridized carbons (Fsp3) is 0.276. The van der Waals surface area contributed by atoms with Gasteiger partial charge in [-0.2, -0.15) is 0 Å². The summed E-state index contributed by atoms with van der Waals surface area (Å²) in [4.78, 5) is 15.3. The van der Waals surface area contributed by atoms with Crippen LogP contribution in [0.5, 0.6) is 17.2 Å². The van der Waals surface area contributed by atoms with Crippen LogP contribution in [0.2, 0.25) is 0 Å². The SMILES string of the molecule is COc1cc2c(cc1OC)CN(Cc1c(O)ccc3c(C)c(Cc4ccccc4)c(=O)oc13)CC2. The zero-order chi connectivity index (χ0) is 24.5. The molecule has 6 nitrogen and oxygen atoms in total. The molecule has 0 fully saturated rings. The van der Waals surface area contributed by atoms with E-state index in [1.165, 1.54) is 5.56 Å². The Kier molecular flexibility index (Phi) is 6.22. The predicted octanol–water partition coefficient (Wildman–Crippen LogP) is 4.97. The number of ether oxygens (including phenoxy) is 2. The highest BCUT2D eigenvalue weighted by atomic mass is 16.5. The van der Waals surface area contributed by atoms with Gasteiger partial charge in [0.15, 0.2) is 11.5 Å². The van der Waals surface area contributed by atoms with E-state index < -0.39 is 0 Å². The lowest BCUT2D eigenvalue weighted by Gasteiger charge is -2.30. The van der Waals surface area contributed by atoms with Gasteiger partial charge in [-0.25, -0.2) is 4.79 Å². The van der Waals surface area contributed by atoms with Gasteiger partial charge in [0.2, 0.25) is 0 Å². The molecule has 0 amide bonds. The topological polar surface area (TPSA) is 72.1 Å². The standard InChI is InChI=1S/C29H29NO5/c1-18-22-9-10-25(31)24(28(22)35-29(32)23(18)13-19-7-5-4-6-8-19)17-30-12-11-20-14-26(33-2)27(34-3)15-21(20)16-30/h4-10,14-15,31H,11-13,16-17H2,1-3H3. The number of aryl methyl sites for hydroxylation is 1. The smallest absolute Gasteiger partial charge is 0.340 e. The van der Waals surface area contributed by atoms with E-state index in [0.717, 1.165) is 40.8 Å². The van der Waals surface area contributed by atoms with Gasteiger partial charge in [-0.1, -0.05) is 30.3 Å². The zero-order valence-corrected chi connectivity index (χ0v) is 20.3. The fourth-order valence-corrected chi connectivity index (χ4v) is 4.96. The molecule has 0 spiro atoms. The molecule has 0 saturated heterocycles. The van der Waals surface area contributed by atoms with E-state index in [1.54, 1.807) is 20.3 Å². The second-order valence-electron chi connectivity index (χ2n) is 9.03. The third-order valence-corrected chi connectivity index (χ3v) is 6.94. The van der Waals surface area contributed by atoms with E-state index in [0.29, 0.717) is 42.0 Å². The number of methoxy groups -OCH3 is 2. The van der Waals surface area contributed by atoms with Gasteiger partial charge in [0.1, 0.15) is 11.3 Å². The van der Waals surface area contributed by atoms with E-state index >= 15 is 0 Å². The van der Waals surface area contributed by atoms with Gasteiger partial charge in [0.25, 0.3) is 0 Å². The first-order valence-corrected chi connectivity index (χ1v) is 11.8. The molecule has 180 valence electrons. The average Bonchev–Trinajstić information content (AvgIpc) is 2.88. The van der Waals surface area contributed by atoms with Crippen LogP contribution < -0.4 is 15.1 Å². The first-order valence-electron chi connectivity index (χ1n) is 11.8. The molecule has 5 rings (SSSR count). The van der Waals surface area contributed by atoms with Crippen molar-refractivity contribution in [3.8, 4) is 17.2 Å². The van der Waals surface area contributed by atoms with Crippen molar-refractivity contribution in [1.82, 2.24) is 4.90 Å². The minimum absolute atomic E-state index is 0.133. The van der Waals surface area contributed by atoms with Crippen LogP contribution in [0.25, 0.3) is 11.0 Å². The van der Waals surface area contributed by atoms with E-state index in [-0.39, 0.29) is 11.4 Å². The normalized spacial score (nSPS) is 13.6. The second kappa shape index (κ2) is 9.47. The highest BCUT2D eigenvalue weighted by Gasteiger charge is 2.23. The summed E-state index contributed by atoms with van der Waals surface area (Å²) in [6.45, 7) is 3.93. The van der Waals surface area contributed by atoms with Crippen molar-refractivity contribution < 1.29 is 19.0 Å². The van der Waals surface area contributed by atoms with Gasteiger partial charge in [0.05, 0.1) is 19.8 Å². The summed E-state index contributed by atoms with van der Waals surface area (Å²) in [5.41, 5.74) is 5.73. The number of fused-ring (bicyclic) bond motifs is 2. The largest absolute Gasteiger partial charge is 0.507 e. The fourth-order valence-electron chi connectivity index (χ4n) is 4.96. The molecule has 0 bridgehead atoms. The molecule has 1 aliphatic rings. The number of hydrogen-bond donors (Lipinski definition) is 1. The van der Waals surface area contributed by atoms with Crippen molar-refractivity contribution in [2.45, 2.75) is 32.9 Å². The number of rotatable bonds is 6. The van der Waals surface area contributed by atoms with E-state index in [9.17, 15) is 9.90 Å². The van der Waals surface area contributed by atoms with Crippen LogP contribution in [0.3, 0.4) is 0 Å². The highest BCUT2D eigenvalue weighted by Crippen LogP contribution is 2.35. The number of hydrogen-bond acceptors (Lipinski definition) is 6. The third-order valence-electron chi connectivity index (χ3n) is 6.94. The molecule has 3 aromatic carbocycles. The van der Waals surface area contributed by atoms with Crippen LogP contribution in [-0.4, -0.2) is 30.8 Å². The van der Waals surface area contributed by atoms with Gasteiger partial charge in [-0.3, -0.25) is 4.90 Å². The maximum Gasteiger partial charge on any atom is 0.340 e. The lowest BCUT2D eigenvalue weighted by Crippen LogP contribution is -2.30. The molecule has 0 unspecified atom stereocenters. The third kappa shape index (κ3) is 4.37. The Bertz CT molecular complexity index is 1440. The Morgan fingerprint density at radius 3 is 2.40 bits per heavy atom. The molecular weight excluding hydrogens is 442 g/mol. The predicted molar refractivity (Wildman–Crippen MR) is 135 cm³/mol. The molecule has 0 aliphatic carbocycles. The first kappa shape index (κ1) is 23.0. The van der Waals surface area contributed by atoms with Crippen molar-refractivity contribution in [3.63, 3.8) is 0 Å². The minimum Gasteiger partial charge on any atom is -0.507 e. The van der Waals surface area contributed by atoms with Crippen LogP contribution in [-0.2, 0) is 25.9 Å². The number of aromatic hydroxyl groups is 1. The molecule has 35 heavy (non-hydrogen) atoms. The molecule has 1 N–H and O–H groups in total. The molecule has 6 heteroatoms. The summed E-state index contributed by atoms with van der Waals surface area (Å²) in [6, 6.07) is 17.5. The lowest BCUT2D eigenvalue weighted by molar-refractivity contribution is 0.241. The average molecular weight is 472 g/mol. The monoisotopic (exact) mass is 471 g/mol. The molecule has 0 radical (unpaired) electrons. The Morgan fingerprint density at radius 2 is 1.69 bits per heavy atom. The molecule has 0 atom stereocenters. The summed E-state index contributed by atoms with van der Waals surface area (Å²) in [6.07, 6.45) is 1.36. The van der Waals surface area contributed by atoms with Crippen LogP contribution in [0.1, 0.15) is 33.4 Å². The van der Waals surface area contributed by atoms with Gasteiger partial charge in [-0.05, 0) is 59.9 Å². The molecule has 0 saturated carbocycles. The molecular formula is C29H29NO5. The number of nitrogens with zero attached hydrogens (tertiary/aromatic N) is 1. The van der Waals surface area contributed by atoms with Crippen molar-refractivity contribution in [3.05, 3.63) is 98.4 Å².